The number of hydrogen-bond donors (Lipinski definition) is 1. The van der Waals surface area contributed by atoms with Crippen LogP contribution in [-0.4, -0.2) is 24.8 Å². The molecule has 1 aliphatic rings. The Balaban J connectivity index is 2.08. The first-order chi connectivity index (χ1) is 8.91. The van der Waals surface area contributed by atoms with Crippen molar-refractivity contribution in [3.8, 4) is 11.5 Å². The fraction of sp³-hybridized carbons (Fsp3) is 0.273. The molecule has 0 saturated carbocycles. The van der Waals surface area contributed by atoms with Crippen molar-refractivity contribution in [3.63, 3.8) is 0 Å². The van der Waals surface area contributed by atoms with E-state index < -0.39 is 18.2 Å². The Morgan fingerprint density at radius 1 is 1.32 bits per heavy atom. The van der Waals surface area contributed by atoms with Crippen LogP contribution in [0.2, 0.25) is 0 Å². The first-order valence-corrected chi connectivity index (χ1v) is 5.29. The Morgan fingerprint density at radius 3 is 2.68 bits per heavy atom. The van der Waals surface area contributed by atoms with Gasteiger partial charge in [0, 0.05) is 11.8 Å². The number of hydrogen-bond acceptors (Lipinski definition) is 5. The highest BCUT2D eigenvalue weighted by molar-refractivity contribution is 6.37. The van der Waals surface area contributed by atoms with E-state index in [2.05, 4.69) is 19.5 Å². The monoisotopic (exact) mass is 273 g/mol. The smallest absolute Gasteiger partial charge is 0.459 e. The van der Waals surface area contributed by atoms with Crippen LogP contribution in [0.4, 0.5) is 14.5 Å². The fourth-order valence-corrected chi connectivity index (χ4v) is 1.41. The molecule has 8 heteroatoms. The van der Waals surface area contributed by atoms with Gasteiger partial charge in [-0.25, -0.2) is 4.79 Å². The molecular weight excluding hydrogens is 264 g/mol. The van der Waals surface area contributed by atoms with Crippen molar-refractivity contribution in [2.75, 3.05) is 11.9 Å². The third-order valence-electron chi connectivity index (χ3n) is 2.12. The number of rotatable bonds is 2. The number of fused-ring (bicyclic) bond motifs is 1. The van der Waals surface area contributed by atoms with Gasteiger partial charge in [-0.1, -0.05) is 0 Å². The van der Waals surface area contributed by atoms with Gasteiger partial charge in [0.2, 0.25) is 0 Å². The van der Waals surface area contributed by atoms with Gasteiger partial charge in [0.25, 0.3) is 0 Å². The van der Waals surface area contributed by atoms with Gasteiger partial charge in [0.05, 0.1) is 6.61 Å². The Hall–Kier alpha value is -2.38. The number of ether oxygens (including phenoxy) is 3. The molecule has 1 aliphatic heterocycles. The van der Waals surface area contributed by atoms with Crippen LogP contribution < -0.4 is 14.8 Å². The Morgan fingerprint density at radius 2 is 2.00 bits per heavy atom. The van der Waals surface area contributed by atoms with E-state index in [-0.39, 0.29) is 23.8 Å². The summed E-state index contributed by atoms with van der Waals surface area (Å²) in [5, 5.41) is 2.19. The predicted octanol–water partition coefficient (Wildman–Crippen LogP) is 1.51. The van der Waals surface area contributed by atoms with E-state index in [1.165, 1.54) is 12.1 Å². The molecule has 0 unspecified atom stereocenters. The minimum Gasteiger partial charge on any atom is -0.459 e. The number of nitrogens with one attached hydrogen (secondary N) is 1. The molecule has 1 amide bonds. The van der Waals surface area contributed by atoms with Gasteiger partial charge >= 0.3 is 18.2 Å². The van der Waals surface area contributed by atoms with Crippen LogP contribution in [0.15, 0.2) is 18.2 Å². The van der Waals surface area contributed by atoms with Crippen LogP contribution in [0.1, 0.15) is 6.92 Å². The van der Waals surface area contributed by atoms with Crippen molar-refractivity contribution in [1.82, 2.24) is 0 Å². The molecule has 102 valence electrons. The number of halogens is 2. The molecule has 19 heavy (non-hydrogen) atoms. The quantitative estimate of drug-likeness (QED) is 0.653. The maximum atomic E-state index is 12.8. The summed E-state index contributed by atoms with van der Waals surface area (Å²) in [6, 6.07) is 3.60. The molecule has 0 bridgehead atoms. The van der Waals surface area contributed by atoms with Crippen LogP contribution >= 0.6 is 0 Å². The minimum absolute atomic E-state index is 0.0552. The van der Waals surface area contributed by atoms with E-state index in [0.717, 1.165) is 6.07 Å². The second kappa shape index (κ2) is 4.71. The van der Waals surface area contributed by atoms with E-state index in [1.807, 2.05) is 0 Å². The van der Waals surface area contributed by atoms with E-state index in [4.69, 9.17) is 0 Å². The highest BCUT2D eigenvalue weighted by Gasteiger charge is 2.43. The number of carbonyl (C=O) groups excluding carboxylic acids is 2. The van der Waals surface area contributed by atoms with Crippen LogP contribution in [0, 0.1) is 0 Å². The summed E-state index contributed by atoms with van der Waals surface area (Å²) in [6.07, 6.45) is -3.73. The molecular formula is C11H9F2NO5. The first kappa shape index (κ1) is 13.1. The van der Waals surface area contributed by atoms with Gasteiger partial charge in [-0.15, -0.1) is 8.78 Å². The topological polar surface area (TPSA) is 73.9 Å². The van der Waals surface area contributed by atoms with Crippen molar-refractivity contribution >= 4 is 17.6 Å². The third-order valence-corrected chi connectivity index (χ3v) is 2.12. The van der Waals surface area contributed by atoms with Crippen molar-refractivity contribution in [2.45, 2.75) is 13.2 Å². The molecule has 0 atom stereocenters. The highest BCUT2D eigenvalue weighted by Crippen LogP contribution is 2.42. The SMILES string of the molecule is CCOC(=O)C(=O)Nc1ccc2c(c1)OC(F)(F)O2. The third kappa shape index (κ3) is 2.90. The summed E-state index contributed by atoms with van der Waals surface area (Å²) in [6.45, 7) is 1.60. The number of benzene rings is 1. The fourth-order valence-electron chi connectivity index (χ4n) is 1.41. The lowest BCUT2D eigenvalue weighted by Gasteiger charge is -2.05. The highest BCUT2D eigenvalue weighted by atomic mass is 19.3. The summed E-state index contributed by atoms with van der Waals surface area (Å²) < 4.78 is 38.4. The zero-order valence-corrected chi connectivity index (χ0v) is 9.74. The minimum atomic E-state index is -3.73. The zero-order valence-electron chi connectivity index (χ0n) is 9.74. The van der Waals surface area contributed by atoms with Gasteiger partial charge in [0.15, 0.2) is 11.5 Å². The number of esters is 1. The van der Waals surface area contributed by atoms with Crippen molar-refractivity contribution in [2.24, 2.45) is 0 Å². The summed E-state index contributed by atoms with van der Waals surface area (Å²) in [4.78, 5) is 22.4. The Kier molecular flexibility index (Phi) is 3.24. The molecule has 0 fully saturated rings. The largest absolute Gasteiger partial charge is 0.586 e. The number of alkyl halides is 2. The lowest BCUT2D eigenvalue weighted by Crippen LogP contribution is -2.26. The second-order valence-electron chi connectivity index (χ2n) is 3.50. The Bertz CT molecular complexity index is 532. The lowest BCUT2D eigenvalue weighted by molar-refractivity contribution is -0.286. The molecule has 2 rings (SSSR count). The van der Waals surface area contributed by atoms with E-state index in [0.29, 0.717) is 0 Å². The van der Waals surface area contributed by atoms with Gasteiger partial charge in [-0.2, -0.15) is 0 Å². The predicted molar refractivity (Wildman–Crippen MR) is 57.9 cm³/mol. The van der Waals surface area contributed by atoms with E-state index in [1.54, 1.807) is 6.92 Å². The molecule has 6 nitrogen and oxygen atoms in total. The molecule has 1 N–H and O–H groups in total. The molecule has 0 spiro atoms. The second-order valence-corrected chi connectivity index (χ2v) is 3.50. The van der Waals surface area contributed by atoms with Crippen LogP contribution in [-0.2, 0) is 14.3 Å². The molecule has 1 heterocycles. The van der Waals surface area contributed by atoms with Gasteiger partial charge in [0.1, 0.15) is 0 Å². The maximum Gasteiger partial charge on any atom is 0.586 e. The van der Waals surface area contributed by atoms with E-state index >= 15 is 0 Å². The Labute approximate surface area is 106 Å². The summed E-state index contributed by atoms with van der Waals surface area (Å²) >= 11 is 0. The maximum absolute atomic E-state index is 12.8. The number of anilines is 1. The summed E-state index contributed by atoms with van der Waals surface area (Å²) in [7, 11) is 0. The van der Waals surface area contributed by atoms with E-state index in [9.17, 15) is 18.4 Å². The molecule has 0 radical (unpaired) electrons. The summed E-state index contributed by atoms with van der Waals surface area (Å²) in [5.74, 6) is -2.45. The molecule has 0 aromatic heterocycles. The van der Waals surface area contributed by atoms with Crippen LogP contribution in [0.25, 0.3) is 0 Å². The van der Waals surface area contributed by atoms with Crippen LogP contribution in [0.5, 0.6) is 11.5 Å². The first-order valence-electron chi connectivity index (χ1n) is 5.29. The lowest BCUT2D eigenvalue weighted by atomic mass is 10.3. The number of carbonyl (C=O) groups is 2. The molecule has 1 aromatic rings. The summed E-state index contributed by atoms with van der Waals surface area (Å²) in [5.41, 5.74) is 0.109. The van der Waals surface area contributed by atoms with Crippen LogP contribution in [0.3, 0.4) is 0 Å². The average molecular weight is 273 g/mol. The molecule has 1 aromatic carbocycles. The average Bonchev–Trinajstić information content (AvgIpc) is 2.62. The standard InChI is InChI=1S/C11H9F2NO5/c1-2-17-10(16)9(15)14-6-3-4-7-8(5-6)19-11(12,13)18-7/h3-5H,2H2,1H3,(H,14,15). The zero-order chi connectivity index (χ0) is 14.0. The van der Waals surface area contributed by atoms with Crippen molar-refractivity contribution < 1.29 is 32.6 Å². The number of amides is 1. The van der Waals surface area contributed by atoms with Crippen molar-refractivity contribution in [3.05, 3.63) is 18.2 Å². The van der Waals surface area contributed by atoms with Crippen molar-refractivity contribution in [1.29, 1.82) is 0 Å². The normalized spacial score (nSPS) is 14.9. The van der Waals surface area contributed by atoms with Gasteiger partial charge in [-0.05, 0) is 19.1 Å². The van der Waals surface area contributed by atoms with Gasteiger partial charge in [-0.3, -0.25) is 4.79 Å². The van der Waals surface area contributed by atoms with Gasteiger partial charge < -0.3 is 19.5 Å². The molecule has 0 saturated heterocycles. The molecule has 0 aliphatic carbocycles.